The van der Waals surface area contributed by atoms with E-state index in [1.807, 2.05) is 19.1 Å². The lowest BCUT2D eigenvalue weighted by Gasteiger charge is -2.12. The zero-order chi connectivity index (χ0) is 16.2. The standard InChI is InChI=1S/C17H22N2O2S/c1-4-11-22(20,21)19-16-9-7-15(8-10-16)18-17-12-13(2)5-6-14(17)3/h5-10,12,18-19H,4,11H2,1-3H3. The van der Waals surface area contributed by atoms with E-state index in [-0.39, 0.29) is 5.75 Å². The second kappa shape index (κ2) is 6.83. The van der Waals surface area contributed by atoms with E-state index >= 15 is 0 Å². The van der Waals surface area contributed by atoms with Crippen molar-refractivity contribution in [2.24, 2.45) is 0 Å². The summed E-state index contributed by atoms with van der Waals surface area (Å²) < 4.78 is 26.0. The molecule has 0 heterocycles. The summed E-state index contributed by atoms with van der Waals surface area (Å²) in [6, 6.07) is 13.5. The molecule has 0 aromatic heterocycles. The Hall–Kier alpha value is -2.01. The molecule has 2 aromatic rings. The minimum Gasteiger partial charge on any atom is -0.355 e. The summed E-state index contributed by atoms with van der Waals surface area (Å²) in [5.41, 5.74) is 4.92. The first-order valence-electron chi connectivity index (χ1n) is 7.34. The molecular formula is C17H22N2O2S. The first kappa shape index (κ1) is 16.4. The van der Waals surface area contributed by atoms with E-state index in [2.05, 4.69) is 42.1 Å². The maximum Gasteiger partial charge on any atom is 0.232 e. The van der Waals surface area contributed by atoms with Crippen LogP contribution >= 0.6 is 0 Å². The van der Waals surface area contributed by atoms with Gasteiger partial charge in [-0.25, -0.2) is 8.42 Å². The lowest BCUT2D eigenvalue weighted by atomic mass is 10.1. The maximum atomic E-state index is 11.7. The minimum absolute atomic E-state index is 0.134. The van der Waals surface area contributed by atoms with Gasteiger partial charge in [-0.3, -0.25) is 4.72 Å². The van der Waals surface area contributed by atoms with Gasteiger partial charge in [-0.1, -0.05) is 19.1 Å². The molecule has 0 amide bonds. The minimum atomic E-state index is -3.24. The van der Waals surface area contributed by atoms with E-state index < -0.39 is 10.0 Å². The summed E-state index contributed by atoms with van der Waals surface area (Å²) in [5.74, 6) is 0.134. The van der Waals surface area contributed by atoms with Crippen molar-refractivity contribution in [1.82, 2.24) is 0 Å². The van der Waals surface area contributed by atoms with Crippen LogP contribution in [-0.4, -0.2) is 14.2 Å². The third-order valence-electron chi connectivity index (χ3n) is 3.30. The molecule has 118 valence electrons. The molecule has 0 spiro atoms. The van der Waals surface area contributed by atoms with Crippen LogP contribution in [-0.2, 0) is 10.0 Å². The molecule has 0 atom stereocenters. The van der Waals surface area contributed by atoms with E-state index in [0.29, 0.717) is 12.1 Å². The fourth-order valence-corrected chi connectivity index (χ4v) is 3.28. The van der Waals surface area contributed by atoms with E-state index in [1.54, 1.807) is 12.1 Å². The first-order chi connectivity index (χ1) is 10.4. The van der Waals surface area contributed by atoms with Gasteiger partial charge in [0.05, 0.1) is 5.75 Å². The van der Waals surface area contributed by atoms with Crippen molar-refractivity contribution < 1.29 is 8.42 Å². The quantitative estimate of drug-likeness (QED) is 0.839. The van der Waals surface area contributed by atoms with Gasteiger partial charge in [-0.2, -0.15) is 0 Å². The highest BCUT2D eigenvalue weighted by Crippen LogP contribution is 2.23. The molecular weight excluding hydrogens is 296 g/mol. The van der Waals surface area contributed by atoms with E-state index in [9.17, 15) is 8.42 Å². The fraction of sp³-hybridized carbons (Fsp3) is 0.294. The van der Waals surface area contributed by atoms with Gasteiger partial charge in [0.25, 0.3) is 0 Å². The number of anilines is 3. The Labute approximate surface area is 132 Å². The molecule has 0 bridgehead atoms. The van der Waals surface area contributed by atoms with E-state index in [0.717, 1.165) is 11.4 Å². The number of sulfonamides is 1. The van der Waals surface area contributed by atoms with Crippen LogP contribution in [0, 0.1) is 13.8 Å². The van der Waals surface area contributed by atoms with Crippen LogP contribution in [0.3, 0.4) is 0 Å². The summed E-state index contributed by atoms with van der Waals surface area (Å²) in [6.07, 6.45) is 0.599. The molecule has 0 saturated heterocycles. The van der Waals surface area contributed by atoms with Gasteiger partial charge in [0.2, 0.25) is 10.0 Å². The molecule has 22 heavy (non-hydrogen) atoms. The van der Waals surface area contributed by atoms with Gasteiger partial charge in [0.15, 0.2) is 0 Å². The molecule has 2 aromatic carbocycles. The fourth-order valence-electron chi connectivity index (χ4n) is 2.15. The van der Waals surface area contributed by atoms with Crippen molar-refractivity contribution in [3.8, 4) is 0 Å². The Morgan fingerprint density at radius 1 is 0.955 bits per heavy atom. The van der Waals surface area contributed by atoms with Crippen molar-refractivity contribution in [2.75, 3.05) is 15.8 Å². The largest absolute Gasteiger partial charge is 0.355 e. The lowest BCUT2D eigenvalue weighted by molar-refractivity contribution is 0.600. The van der Waals surface area contributed by atoms with Crippen LogP contribution in [0.4, 0.5) is 17.1 Å². The predicted octanol–water partition coefficient (Wildman–Crippen LogP) is 4.20. The number of nitrogens with one attached hydrogen (secondary N) is 2. The Kier molecular flexibility index (Phi) is 5.08. The molecule has 4 nitrogen and oxygen atoms in total. The summed E-state index contributed by atoms with van der Waals surface area (Å²) in [7, 11) is -3.24. The third kappa shape index (κ3) is 4.49. The average Bonchev–Trinajstić information content (AvgIpc) is 2.44. The maximum absolute atomic E-state index is 11.7. The van der Waals surface area contributed by atoms with Gasteiger partial charge >= 0.3 is 0 Å². The van der Waals surface area contributed by atoms with Crippen molar-refractivity contribution in [2.45, 2.75) is 27.2 Å². The number of rotatable bonds is 6. The normalized spacial score (nSPS) is 11.2. The molecule has 0 radical (unpaired) electrons. The predicted molar refractivity (Wildman–Crippen MR) is 93.3 cm³/mol. The van der Waals surface area contributed by atoms with Gasteiger partial charge in [0, 0.05) is 17.1 Å². The molecule has 2 rings (SSSR count). The smallest absolute Gasteiger partial charge is 0.232 e. The zero-order valence-electron chi connectivity index (χ0n) is 13.2. The number of hydrogen-bond acceptors (Lipinski definition) is 3. The second-order valence-corrected chi connectivity index (χ2v) is 7.28. The topological polar surface area (TPSA) is 58.2 Å². The summed E-state index contributed by atoms with van der Waals surface area (Å²) in [5, 5.41) is 3.35. The molecule has 0 aliphatic carbocycles. The number of hydrogen-bond donors (Lipinski definition) is 2. The first-order valence-corrected chi connectivity index (χ1v) is 8.99. The third-order valence-corrected chi connectivity index (χ3v) is 4.80. The highest BCUT2D eigenvalue weighted by molar-refractivity contribution is 7.92. The van der Waals surface area contributed by atoms with Crippen LogP contribution in [0.15, 0.2) is 42.5 Å². The van der Waals surface area contributed by atoms with Crippen LogP contribution < -0.4 is 10.0 Å². The lowest BCUT2D eigenvalue weighted by Crippen LogP contribution is -2.15. The SMILES string of the molecule is CCCS(=O)(=O)Nc1ccc(Nc2cc(C)ccc2C)cc1. The Bertz CT molecular complexity index is 738. The molecule has 2 N–H and O–H groups in total. The van der Waals surface area contributed by atoms with Crippen molar-refractivity contribution in [1.29, 1.82) is 0 Å². The van der Waals surface area contributed by atoms with Gasteiger partial charge < -0.3 is 5.32 Å². The number of aryl methyl sites for hydroxylation is 2. The van der Waals surface area contributed by atoms with Crippen LogP contribution in [0.5, 0.6) is 0 Å². The van der Waals surface area contributed by atoms with Crippen molar-refractivity contribution in [3.05, 3.63) is 53.6 Å². The molecule has 5 heteroatoms. The van der Waals surface area contributed by atoms with Gasteiger partial charge in [-0.05, 0) is 61.7 Å². The Morgan fingerprint density at radius 2 is 1.59 bits per heavy atom. The summed E-state index contributed by atoms with van der Waals surface area (Å²) in [4.78, 5) is 0. The molecule has 0 fully saturated rings. The van der Waals surface area contributed by atoms with Crippen LogP contribution in [0.1, 0.15) is 24.5 Å². The Balaban J connectivity index is 2.11. The van der Waals surface area contributed by atoms with E-state index in [1.165, 1.54) is 11.1 Å². The monoisotopic (exact) mass is 318 g/mol. The van der Waals surface area contributed by atoms with Gasteiger partial charge in [0.1, 0.15) is 0 Å². The van der Waals surface area contributed by atoms with Crippen LogP contribution in [0.2, 0.25) is 0 Å². The number of benzene rings is 2. The van der Waals surface area contributed by atoms with Crippen molar-refractivity contribution >= 4 is 27.1 Å². The highest BCUT2D eigenvalue weighted by Gasteiger charge is 2.08. The second-order valence-electron chi connectivity index (χ2n) is 5.44. The average molecular weight is 318 g/mol. The highest BCUT2D eigenvalue weighted by atomic mass is 32.2. The summed E-state index contributed by atoms with van der Waals surface area (Å²) in [6.45, 7) is 5.95. The zero-order valence-corrected chi connectivity index (χ0v) is 14.0. The van der Waals surface area contributed by atoms with Crippen molar-refractivity contribution in [3.63, 3.8) is 0 Å². The summed E-state index contributed by atoms with van der Waals surface area (Å²) >= 11 is 0. The molecule has 0 saturated carbocycles. The Morgan fingerprint density at radius 3 is 2.23 bits per heavy atom. The van der Waals surface area contributed by atoms with E-state index in [4.69, 9.17) is 0 Å². The van der Waals surface area contributed by atoms with Crippen LogP contribution in [0.25, 0.3) is 0 Å². The van der Waals surface area contributed by atoms with Gasteiger partial charge in [-0.15, -0.1) is 0 Å². The molecule has 0 unspecified atom stereocenters. The molecule has 0 aliphatic rings. The molecule has 0 aliphatic heterocycles.